The SMILES string of the molecule is COc1ccc(C23CC4=CCCC=C4C(=O)N2CCN3)cc1. The normalized spacial score (nSPS) is 27.0. The van der Waals surface area contributed by atoms with Crippen molar-refractivity contribution in [3.05, 3.63) is 53.1 Å². The number of carbonyl (C=O) groups is 1. The van der Waals surface area contributed by atoms with Gasteiger partial charge in [0.15, 0.2) is 0 Å². The van der Waals surface area contributed by atoms with Crippen molar-refractivity contribution in [1.82, 2.24) is 10.2 Å². The van der Waals surface area contributed by atoms with E-state index >= 15 is 0 Å². The molecule has 0 saturated carbocycles. The number of ether oxygens (including phenoxy) is 1. The Bertz CT molecular complexity index is 675. The molecule has 4 nitrogen and oxygen atoms in total. The molecule has 2 saturated heterocycles. The molecule has 4 heteroatoms. The van der Waals surface area contributed by atoms with E-state index in [2.05, 4.69) is 29.6 Å². The Hall–Kier alpha value is -2.07. The van der Waals surface area contributed by atoms with Gasteiger partial charge in [0.25, 0.3) is 5.91 Å². The van der Waals surface area contributed by atoms with Gasteiger partial charge in [0.2, 0.25) is 0 Å². The second-order valence-electron chi connectivity index (χ2n) is 6.07. The first-order valence-electron chi connectivity index (χ1n) is 7.86. The fourth-order valence-electron chi connectivity index (χ4n) is 3.86. The van der Waals surface area contributed by atoms with E-state index < -0.39 is 5.66 Å². The number of methoxy groups -OCH3 is 1. The minimum atomic E-state index is -0.399. The van der Waals surface area contributed by atoms with E-state index in [1.165, 1.54) is 5.57 Å². The number of hydrogen-bond donors (Lipinski definition) is 1. The van der Waals surface area contributed by atoms with Gasteiger partial charge in [-0.3, -0.25) is 10.1 Å². The van der Waals surface area contributed by atoms with E-state index in [1.807, 2.05) is 17.0 Å². The number of hydrogen-bond acceptors (Lipinski definition) is 3. The summed E-state index contributed by atoms with van der Waals surface area (Å²) in [5, 5.41) is 3.59. The first-order valence-corrected chi connectivity index (χ1v) is 7.86. The van der Waals surface area contributed by atoms with Crippen molar-refractivity contribution in [2.45, 2.75) is 24.9 Å². The van der Waals surface area contributed by atoms with Gasteiger partial charge in [-0.05, 0) is 36.1 Å². The second-order valence-corrected chi connectivity index (χ2v) is 6.07. The van der Waals surface area contributed by atoms with Gasteiger partial charge in [-0.15, -0.1) is 0 Å². The molecule has 0 bridgehead atoms. The average Bonchev–Trinajstić information content (AvgIpc) is 3.00. The minimum absolute atomic E-state index is 0.165. The summed E-state index contributed by atoms with van der Waals surface area (Å²) in [5.74, 6) is 1.00. The van der Waals surface area contributed by atoms with Crippen LogP contribution in [-0.2, 0) is 10.5 Å². The van der Waals surface area contributed by atoms with Crippen LogP contribution in [0.15, 0.2) is 47.6 Å². The largest absolute Gasteiger partial charge is 0.497 e. The zero-order valence-electron chi connectivity index (χ0n) is 12.8. The van der Waals surface area contributed by atoms with E-state index in [-0.39, 0.29) is 5.91 Å². The quantitative estimate of drug-likeness (QED) is 0.911. The van der Waals surface area contributed by atoms with Gasteiger partial charge in [-0.1, -0.05) is 24.3 Å². The molecule has 2 fully saturated rings. The van der Waals surface area contributed by atoms with Crippen molar-refractivity contribution in [3.8, 4) is 5.75 Å². The molecule has 3 aliphatic rings. The van der Waals surface area contributed by atoms with Crippen LogP contribution in [0.4, 0.5) is 0 Å². The van der Waals surface area contributed by atoms with Crippen LogP contribution in [0.5, 0.6) is 5.75 Å². The molecule has 1 atom stereocenters. The Morgan fingerprint density at radius 2 is 1.95 bits per heavy atom. The lowest BCUT2D eigenvalue weighted by Gasteiger charge is -2.44. The monoisotopic (exact) mass is 296 g/mol. The molecule has 0 aromatic heterocycles. The number of amides is 1. The van der Waals surface area contributed by atoms with Crippen LogP contribution in [0.3, 0.4) is 0 Å². The first kappa shape index (κ1) is 13.6. The second kappa shape index (κ2) is 4.99. The molecule has 114 valence electrons. The molecular weight excluding hydrogens is 276 g/mol. The lowest BCUT2D eigenvalue weighted by molar-refractivity contribution is -0.133. The van der Waals surface area contributed by atoms with Crippen LogP contribution >= 0.6 is 0 Å². The van der Waals surface area contributed by atoms with Gasteiger partial charge >= 0.3 is 0 Å². The number of allylic oxidation sites excluding steroid dienone is 2. The predicted octanol–water partition coefficient (Wildman–Crippen LogP) is 2.33. The van der Waals surface area contributed by atoms with Crippen molar-refractivity contribution in [2.24, 2.45) is 0 Å². The Morgan fingerprint density at radius 3 is 2.73 bits per heavy atom. The fraction of sp³-hybridized carbons (Fsp3) is 0.389. The summed E-state index contributed by atoms with van der Waals surface area (Å²) in [4.78, 5) is 14.9. The summed E-state index contributed by atoms with van der Waals surface area (Å²) in [6.45, 7) is 1.59. The van der Waals surface area contributed by atoms with E-state index in [0.717, 1.165) is 49.2 Å². The molecule has 1 N–H and O–H groups in total. The molecule has 2 aliphatic heterocycles. The highest BCUT2D eigenvalue weighted by Gasteiger charge is 2.50. The number of rotatable bonds is 2. The van der Waals surface area contributed by atoms with Crippen LogP contribution in [0.2, 0.25) is 0 Å². The Labute approximate surface area is 130 Å². The Kier molecular flexibility index (Phi) is 3.08. The summed E-state index contributed by atoms with van der Waals surface area (Å²) >= 11 is 0. The van der Waals surface area contributed by atoms with E-state index in [9.17, 15) is 4.79 Å². The summed E-state index contributed by atoms with van der Waals surface area (Å²) in [6.07, 6.45) is 7.19. The molecule has 0 radical (unpaired) electrons. The molecule has 1 unspecified atom stereocenters. The van der Waals surface area contributed by atoms with Crippen LogP contribution < -0.4 is 10.1 Å². The highest BCUT2D eigenvalue weighted by Crippen LogP contribution is 2.44. The summed E-state index contributed by atoms with van der Waals surface area (Å²) in [7, 11) is 1.67. The third-order valence-corrected chi connectivity index (χ3v) is 4.95. The number of nitrogens with one attached hydrogen (secondary N) is 1. The molecule has 1 aliphatic carbocycles. The number of benzene rings is 1. The van der Waals surface area contributed by atoms with E-state index in [4.69, 9.17) is 4.74 Å². The average molecular weight is 296 g/mol. The maximum absolute atomic E-state index is 12.9. The molecule has 1 aromatic rings. The lowest BCUT2D eigenvalue weighted by Crippen LogP contribution is -2.55. The van der Waals surface area contributed by atoms with Gasteiger partial charge in [-0.25, -0.2) is 0 Å². The third-order valence-electron chi connectivity index (χ3n) is 4.95. The maximum atomic E-state index is 12.9. The van der Waals surface area contributed by atoms with Gasteiger partial charge in [0, 0.05) is 25.1 Å². The lowest BCUT2D eigenvalue weighted by atomic mass is 9.81. The van der Waals surface area contributed by atoms with Crippen molar-refractivity contribution in [3.63, 3.8) is 0 Å². The number of piperidine rings is 1. The van der Waals surface area contributed by atoms with Crippen molar-refractivity contribution >= 4 is 5.91 Å². The van der Waals surface area contributed by atoms with Crippen LogP contribution in [0.1, 0.15) is 24.8 Å². The topological polar surface area (TPSA) is 41.6 Å². The predicted molar refractivity (Wildman–Crippen MR) is 84.4 cm³/mol. The molecular formula is C18H20N2O2. The van der Waals surface area contributed by atoms with Crippen molar-refractivity contribution in [1.29, 1.82) is 0 Å². The summed E-state index contributed by atoms with van der Waals surface area (Å²) in [5.41, 5.74) is 2.84. The maximum Gasteiger partial charge on any atom is 0.255 e. The summed E-state index contributed by atoms with van der Waals surface area (Å²) < 4.78 is 5.25. The first-order chi connectivity index (χ1) is 10.7. The smallest absolute Gasteiger partial charge is 0.255 e. The van der Waals surface area contributed by atoms with Gasteiger partial charge in [-0.2, -0.15) is 0 Å². The van der Waals surface area contributed by atoms with Crippen LogP contribution in [-0.4, -0.2) is 31.0 Å². The third kappa shape index (κ3) is 1.83. The van der Waals surface area contributed by atoms with E-state index in [0.29, 0.717) is 0 Å². The van der Waals surface area contributed by atoms with Crippen LogP contribution in [0, 0.1) is 0 Å². The molecule has 22 heavy (non-hydrogen) atoms. The number of carbonyl (C=O) groups excluding carboxylic acids is 1. The highest BCUT2D eigenvalue weighted by atomic mass is 16.5. The molecule has 0 spiro atoms. The molecule has 2 heterocycles. The standard InChI is InChI=1S/C18H20N2O2/c1-22-15-8-6-14(7-9-15)18-12-13-4-2-3-5-16(13)17(21)20(18)11-10-19-18/h4-9,19H,2-3,10-12H2,1H3. The number of nitrogens with zero attached hydrogens (tertiary/aromatic N) is 1. The van der Waals surface area contributed by atoms with E-state index in [1.54, 1.807) is 7.11 Å². The fourth-order valence-corrected chi connectivity index (χ4v) is 3.86. The molecule has 1 amide bonds. The molecule has 1 aromatic carbocycles. The zero-order valence-corrected chi connectivity index (χ0v) is 12.8. The van der Waals surface area contributed by atoms with Crippen molar-refractivity contribution in [2.75, 3.05) is 20.2 Å². The molecule has 4 rings (SSSR count). The summed E-state index contributed by atoms with van der Waals surface area (Å²) in [6, 6.07) is 8.06. The Balaban J connectivity index is 1.79. The van der Waals surface area contributed by atoms with Gasteiger partial charge < -0.3 is 9.64 Å². The van der Waals surface area contributed by atoms with Gasteiger partial charge in [0.1, 0.15) is 11.4 Å². The number of fused-ring (bicyclic) bond motifs is 2. The minimum Gasteiger partial charge on any atom is -0.497 e. The zero-order chi connectivity index (χ0) is 15.2. The van der Waals surface area contributed by atoms with Crippen LogP contribution in [0.25, 0.3) is 0 Å². The van der Waals surface area contributed by atoms with Crippen molar-refractivity contribution < 1.29 is 9.53 Å². The highest BCUT2D eigenvalue weighted by molar-refractivity contribution is 6.00. The van der Waals surface area contributed by atoms with Gasteiger partial charge in [0.05, 0.1) is 7.11 Å². The Morgan fingerprint density at radius 1 is 1.18 bits per heavy atom.